The number of nitrogens with one attached hydrogen (secondary N) is 1. The van der Waals surface area contributed by atoms with Crippen molar-refractivity contribution >= 4 is 0 Å². The van der Waals surface area contributed by atoms with Crippen molar-refractivity contribution in [2.75, 3.05) is 26.7 Å². The molecule has 0 radical (unpaired) electrons. The summed E-state index contributed by atoms with van der Waals surface area (Å²) in [6.45, 7) is 3.56. The van der Waals surface area contributed by atoms with E-state index in [1.165, 1.54) is 45.2 Å². The molecule has 0 aromatic carbocycles. The zero-order chi connectivity index (χ0) is 12.1. The van der Waals surface area contributed by atoms with Gasteiger partial charge in [-0.25, -0.2) is 0 Å². The summed E-state index contributed by atoms with van der Waals surface area (Å²) < 4.78 is 0. The summed E-state index contributed by atoms with van der Waals surface area (Å²) in [5.41, 5.74) is 0. The normalized spacial score (nSPS) is 35.4. The zero-order valence-electron chi connectivity index (χ0n) is 11.0. The van der Waals surface area contributed by atoms with Crippen molar-refractivity contribution in [2.45, 2.75) is 44.6 Å². The highest BCUT2D eigenvalue weighted by Gasteiger charge is 2.25. The van der Waals surface area contributed by atoms with Crippen molar-refractivity contribution < 1.29 is 0 Å². The van der Waals surface area contributed by atoms with Crippen LogP contribution >= 0.6 is 0 Å². The van der Waals surface area contributed by atoms with E-state index in [0.717, 1.165) is 18.9 Å². The molecule has 3 unspecified atom stereocenters. The Kier molecular flexibility index (Phi) is 4.82. The van der Waals surface area contributed by atoms with Gasteiger partial charge in [-0.2, -0.15) is 5.26 Å². The fraction of sp³-hybridized carbons (Fsp3) is 0.929. The van der Waals surface area contributed by atoms with Gasteiger partial charge >= 0.3 is 0 Å². The molecule has 3 nitrogen and oxygen atoms in total. The Labute approximate surface area is 105 Å². The third-order valence-electron chi connectivity index (χ3n) is 4.34. The van der Waals surface area contributed by atoms with Crippen LogP contribution in [0.2, 0.25) is 0 Å². The third kappa shape index (κ3) is 3.69. The SMILES string of the molecule is CN1CCC(CNC2CCCCCC2C#N)C1. The van der Waals surface area contributed by atoms with Crippen LogP contribution in [-0.2, 0) is 0 Å². The van der Waals surface area contributed by atoms with Gasteiger partial charge in [0.15, 0.2) is 0 Å². The van der Waals surface area contributed by atoms with Crippen LogP contribution in [0.15, 0.2) is 0 Å². The monoisotopic (exact) mass is 235 g/mol. The Hall–Kier alpha value is -0.590. The Morgan fingerprint density at radius 3 is 2.76 bits per heavy atom. The van der Waals surface area contributed by atoms with Crippen LogP contribution in [-0.4, -0.2) is 37.6 Å². The molecule has 1 saturated carbocycles. The van der Waals surface area contributed by atoms with Crippen LogP contribution in [0.3, 0.4) is 0 Å². The highest BCUT2D eigenvalue weighted by atomic mass is 15.1. The summed E-state index contributed by atoms with van der Waals surface area (Å²) >= 11 is 0. The number of hydrogen-bond donors (Lipinski definition) is 1. The van der Waals surface area contributed by atoms with Crippen LogP contribution in [0.25, 0.3) is 0 Å². The number of hydrogen-bond acceptors (Lipinski definition) is 3. The maximum atomic E-state index is 9.22. The van der Waals surface area contributed by atoms with Crippen molar-refractivity contribution in [3.05, 3.63) is 0 Å². The summed E-state index contributed by atoms with van der Waals surface area (Å²) in [4.78, 5) is 2.40. The Balaban J connectivity index is 1.78. The largest absolute Gasteiger partial charge is 0.312 e. The second-order valence-corrected chi connectivity index (χ2v) is 5.81. The molecule has 3 heteroatoms. The first-order valence-corrected chi connectivity index (χ1v) is 7.11. The summed E-state index contributed by atoms with van der Waals surface area (Å²) in [7, 11) is 2.20. The third-order valence-corrected chi connectivity index (χ3v) is 4.34. The van der Waals surface area contributed by atoms with E-state index < -0.39 is 0 Å². The second-order valence-electron chi connectivity index (χ2n) is 5.81. The van der Waals surface area contributed by atoms with E-state index in [2.05, 4.69) is 23.3 Å². The Morgan fingerprint density at radius 1 is 1.24 bits per heavy atom. The molecule has 2 fully saturated rings. The molecule has 2 aliphatic rings. The topological polar surface area (TPSA) is 39.1 Å². The minimum atomic E-state index is 0.247. The standard InChI is InChI=1S/C14H25N3/c1-17-8-7-12(11-17)10-16-14-6-4-2-3-5-13(14)9-15/h12-14,16H,2-8,10-11H2,1H3. The van der Waals surface area contributed by atoms with E-state index in [0.29, 0.717) is 6.04 Å². The molecule has 17 heavy (non-hydrogen) atoms. The number of rotatable bonds is 3. The van der Waals surface area contributed by atoms with Gasteiger partial charge in [0.2, 0.25) is 0 Å². The molecule has 96 valence electrons. The lowest BCUT2D eigenvalue weighted by Crippen LogP contribution is -2.38. The van der Waals surface area contributed by atoms with Gasteiger partial charge in [0.1, 0.15) is 0 Å². The van der Waals surface area contributed by atoms with E-state index >= 15 is 0 Å². The fourth-order valence-corrected chi connectivity index (χ4v) is 3.22. The van der Waals surface area contributed by atoms with Gasteiger partial charge in [-0.15, -0.1) is 0 Å². The molecule has 1 aliphatic carbocycles. The van der Waals surface area contributed by atoms with E-state index in [4.69, 9.17) is 0 Å². The molecule has 1 aliphatic heterocycles. The fourth-order valence-electron chi connectivity index (χ4n) is 3.22. The van der Waals surface area contributed by atoms with E-state index in [1.54, 1.807) is 0 Å². The Bertz CT molecular complexity index is 271. The highest BCUT2D eigenvalue weighted by molar-refractivity contribution is 4.94. The zero-order valence-corrected chi connectivity index (χ0v) is 11.0. The highest BCUT2D eigenvalue weighted by Crippen LogP contribution is 2.23. The van der Waals surface area contributed by atoms with Crippen molar-refractivity contribution in [3.63, 3.8) is 0 Å². The van der Waals surface area contributed by atoms with Gasteiger partial charge in [-0.1, -0.05) is 19.3 Å². The minimum Gasteiger partial charge on any atom is -0.312 e. The van der Waals surface area contributed by atoms with Gasteiger partial charge in [-0.05, 0) is 45.3 Å². The quantitative estimate of drug-likeness (QED) is 0.761. The maximum absolute atomic E-state index is 9.22. The Morgan fingerprint density at radius 2 is 2.06 bits per heavy atom. The van der Waals surface area contributed by atoms with E-state index in [9.17, 15) is 5.26 Å². The smallest absolute Gasteiger partial charge is 0.0672 e. The van der Waals surface area contributed by atoms with E-state index in [-0.39, 0.29) is 5.92 Å². The van der Waals surface area contributed by atoms with Crippen molar-refractivity contribution in [2.24, 2.45) is 11.8 Å². The predicted octanol–water partition coefficient (Wildman–Crippen LogP) is 2.00. The molecular weight excluding hydrogens is 210 g/mol. The minimum absolute atomic E-state index is 0.247. The average molecular weight is 235 g/mol. The molecule has 1 saturated heterocycles. The molecule has 0 bridgehead atoms. The van der Waals surface area contributed by atoms with Gasteiger partial charge in [0.05, 0.1) is 12.0 Å². The van der Waals surface area contributed by atoms with Gasteiger partial charge < -0.3 is 10.2 Å². The molecule has 3 atom stereocenters. The average Bonchev–Trinajstić information content (AvgIpc) is 2.63. The molecule has 1 heterocycles. The first-order valence-electron chi connectivity index (χ1n) is 7.11. The van der Waals surface area contributed by atoms with Crippen LogP contribution in [0.5, 0.6) is 0 Å². The van der Waals surface area contributed by atoms with Gasteiger partial charge in [0.25, 0.3) is 0 Å². The molecule has 2 rings (SSSR count). The summed E-state index contributed by atoms with van der Waals surface area (Å²) in [6, 6.07) is 2.96. The number of nitriles is 1. The second kappa shape index (κ2) is 6.37. The molecule has 0 amide bonds. The van der Waals surface area contributed by atoms with Crippen molar-refractivity contribution in [1.29, 1.82) is 5.26 Å². The molecular formula is C14H25N3. The lowest BCUT2D eigenvalue weighted by atomic mass is 9.95. The van der Waals surface area contributed by atoms with Crippen LogP contribution in [0.1, 0.15) is 38.5 Å². The van der Waals surface area contributed by atoms with Crippen LogP contribution in [0.4, 0.5) is 0 Å². The molecule has 0 spiro atoms. The first kappa shape index (κ1) is 12.9. The predicted molar refractivity (Wildman–Crippen MR) is 69.6 cm³/mol. The lowest BCUT2D eigenvalue weighted by molar-refractivity contribution is 0.347. The van der Waals surface area contributed by atoms with Gasteiger partial charge in [0, 0.05) is 12.6 Å². The first-order chi connectivity index (χ1) is 8.29. The summed E-state index contributed by atoms with van der Waals surface area (Å²) in [6.07, 6.45) is 7.44. The van der Waals surface area contributed by atoms with E-state index in [1.807, 2.05) is 0 Å². The van der Waals surface area contributed by atoms with Crippen molar-refractivity contribution in [3.8, 4) is 6.07 Å². The van der Waals surface area contributed by atoms with Crippen molar-refractivity contribution in [1.82, 2.24) is 10.2 Å². The van der Waals surface area contributed by atoms with Crippen LogP contribution in [0, 0.1) is 23.2 Å². The van der Waals surface area contributed by atoms with Crippen LogP contribution < -0.4 is 5.32 Å². The van der Waals surface area contributed by atoms with Gasteiger partial charge in [-0.3, -0.25) is 0 Å². The molecule has 0 aromatic heterocycles. The number of nitrogens with zero attached hydrogens (tertiary/aromatic N) is 2. The molecule has 0 aromatic rings. The number of likely N-dealkylation sites (tertiary alicyclic amines) is 1. The maximum Gasteiger partial charge on any atom is 0.0672 e. The summed E-state index contributed by atoms with van der Waals surface area (Å²) in [5.74, 6) is 1.04. The lowest BCUT2D eigenvalue weighted by Gasteiger charge is -2.23. The molecule has 1 N–H and O–H groups in total. The summed E-state index contributed by atoms with van der Waals surface area (Å²) in [5, 5.41) is 12.9.